The minimum absolute atomic E-state index is 0.117. The molecule has 140 valence electrons. The number of amides is 1. The van der Waals surface area contributed by atoms with Crippen molar-refractivity contribution in [3.05, 3.63) is 63.8 Å². The molecule has 1 amide bonds. The van der Waals surface area contributed by atoms with Crippen molar-refractivity contribution in [1.29, 1.82) is 0 Å². The lowest BCUT2D eigenvalue weighted by Crippen LogP contribution is -2.13. The molecule has 0 unspecified atom stereocenters. The van der Waals surface area contributed by atoms with Crippen LogP contribution in [0.1, 0.15) is 15.9 Å². The van der Waals surface area contributed by atoms with E-state index in [1.54, 1.807) is 0 Å². The van der Waals surface area contributed by atoms with Crippen molar-refractivity contribution in [1.82, 2.24) is 19.6 Å². The third kappa shape index (κ3) is 4.63. The second-order valence-corrected chi connectivity index (χ2v) is 6.35. The molecule has 0 fully saturated rings. The number of aromatic nitrogens is 4. The third-order valence-electron chi connectivity index (χ3n) is 3.49. The van der Waals surface area contributed by atoms with E-state index in [0.717, 1.165) is 4.68 Å². The highest BCUT2D eigenvalue weighted by Crippen LogP contribution is 2.23. The summed E-state index contributed by atoms with van der Waals surface area (Å²) >= 11 is 12.1. The van der Waals surface area contributed by atoms with Gasteiger partial charge in [0.15, 0.2) is 5.82 Å². The average molecular weight is 412 g/mol. The molecule has 27 heavy (non-hydrogen) atoms. The number of carboxylic acids is 1. The quantitative estimate of drug-likeness (QED) is 0.648. The number of rotatable bonds is 6. The third-order valence-corrected chi connectivity index (χ3v) is 4.12. The summed E-state index contributed by atoms with van der Waals surface area (Å²) in [5.74, 6) is -1.95. The highest BCUT2D eigenvalue weighted by Gasteiger charge is 2.15. The number of carbonyl (C=O) groups is 2. The van der Waals surface area contributed by atoms with E-state index in [1.165, 1.54) is 41.5 Å². The Morgan fingerprint density at radius 2 is 1.96 bits per heavy atom. The molecule has 0 aliphatic rings. The fraction of sp³-hybridized carbons (Fsp3) is 0.125. The number of nitrogens with one attached hydrogen (secondary N) is 1. The van der Waals surface area contributed by atoms with E-state index in [9.17, 15) is 14.0 Å². The molecular formula is C16H12Cl2FN5O3. The summed E-state index contributed by atoms with van der Waals surface area (Å²) in [5.41, 5.74) is 0.786. The number of carboxylic acid groups (broad SMARTS) is 1. The molecule has 0 radical (unpaired) electrons. The van der Waals surface area contributed by atoms with Gasteiger partial charge in [-0.3, -0.25) is 19.0 Å². The van der Waals surface area contributed by atoms with Crippen molar-refractivity contribution < 1.29 is 19.1 Å². The molecule has 2 heterocycles. The Labute approximate surface area is 162 Å². The Balaban J connectivity index is 1.71. The topological polar surface area (TPSA) is 102 Å². The van der Waals surface area contributed by atoms with Crippen LogP contribution in [0.5, 0.6) is 0 Å². The van der Waals surface area contributed by atoms with Crippen molar-refractivity contribution in [3.8, 4) is 0 Å². The van der Waals surface area contributed by atoms with Gasteiger partial charge < -0.3 is 10.4 Å². The zero-order valence-electron chi connectivity index (χ0n) is 13.6. The number of anilines is 1. The van der Waals surface area contributed by atoms with Crippen LogP contribution in [-0.2, 0) is 17.9 Å². The van der Waals surface area contributed by atoms with E-state index in [0.29, 0.717) is 5.56 Å². The van der Waals surface area contributed by atoms with Crippen molar-refractivity contribution in [2.24, 2.45) is 0 Å². The number of halogens is 3. The van der Waals surface area contributed by atoms with Gasteiger partial charge in [-0.05, 0) is 17.7 Å². The SMILES string of the molecule is O=C(O)Cn1cc(C(=O)Nc2nn(Cc3ccc(F)cc3Cl)cc2Cl)cn1. The standard InChI is InChI=1S/C16H12Cl2FN5O3/c17-12-3-11(19)2-1-9(12)5-24-7-13(18)15(22-24)21-16(27)10-4-20-23(6-10)8-14(25)26/h1-4,6-7H,5,8H2,(H,25,26)(H,21,22,27). The predicted octanol–water partition coefficient (Wildman–Crippen LogP) is 2.91. The molecule has 2 aromatic heterocycles. The van der Waals surface area contributed by atoms with Crippen LogP contribution in [0.2, 0.25) is 10.0 Å². The van der Waals surface area contributed by atoms with Crippen molar-refractivity contribution >= 4 is 40.9 Å². The van der Waals surface area contributed by atoms with Gasteiger partial charge in [0.2, 0.25) is 0 Å². The van der Waals surface area contributed by atoms with Gasteiger partial charge in [0.25, 0.3) is 5.91 Å². The molecular weight excluding hydrogens is 400 g/mol. The van der Waals surface area contributed by atoms with Crippen LogP contribution in [0.3, 0.4) is 0 Å². The maximum atomic E-state index is 13.1. The number of carbonyl (C=O) groups excluding carboxylic acids is 1. The highest BCUT2D eigenvalue weighted by molar-refractivity contribution is 6.33. The zero-order chi connectivity index (χ0) is 19.6. The molecule has 3 aromatic rings. The summed E-state index contributed by atoms with van der Waals surface area (Å²) in [7, 11) is 0. The van der Waals surface area contributed by atoms with Gasteiger partial charge >= 0.3 is 5.97 Å². The van der Waals surface area contributed by atoms with Gasteiger partial charge in [0.1, 0.15) is 17.4 Å². The van der Waals surface area contributed by atoms with Crippen LogP contribution in [0.25, 0.3) is 0 Å². The summed E-state index contributed by atoms with van der Waals surface area (Å²) in [4.78, 5) is 22.9. The van der Waals surface area contributed by atoms with Gasteiger partial charge in [-0.1, -0.05) is 29.3 Å². The van der Waals surface area contributed by atoms with E-state index in [-0.39, 0.29) is 34.5 Å². The number of hydrogen-bond acceptors (Lipinski definition) is 4. The lowest BCUT2D eigenvalue weighted by atomic mass is 10.2. The number of aliphatic carboxylic acids is 1. The second kappa shape index (κ2) is 7.77. The van der Waals surface area contributed by atoms with Crippen molar-refractivity contribution in [3.63, 3.8) is 0 Å². The lowest BCUT2D eigenvalue weighted by Gasteiger charge is -2.04. The molecule has 0 aliphatic heterocycles. The van der Waals surface area contributed by atoms with Crippen LogP contribution in [0, 0.1) is 5.82 Å². The number of benzene rings is 1. The summed E-state index contributed by atoms with van der Waals surface area (Å²) in [6.07, 6.45) is 4.03. The average Bonchev–Trinajstić information content (AvgIpc) is 3.17. The van der Waals surface area contributed by atoms with Crippen LogP contribution in [0.15, 0.2) is 36.8 Å². The minimum atomic E-state index is -1.08. The molecule has 3 rings (SSSR count). The Hall–Kier alpha value is -2.91. The molecule has 0 spiro atoms. The first kappa shape index (κ1) is 18.9. The van der Waals surface area contributed by atoms with Gasteiger partial charge in [0.05, 0.1) is 18.3 Å². The Morgan fingerprint density at radius 3 is 2.67 bits per heavy atom. The molecule has 1 aromatic carbocycles. The minimum Gasteiger partial charge on any atom is -0.480 e. The second-order valence-electron chi connectivity index (χ2n) is 5.53. The normalized spacial score (nSPS) is 10.8. The molecule has 0 bridgehead atoms. The van der Waals surface area contributed by atoms with E-state index < -0.39 is 17.7 Å². The van der Waals surface area contributed by atoms with Crippen LogP contribution < -0.4 is 5.32 Å². The van der Waals surface area contributed by atoms with E-state index in [2.05, 4.69) is 15.5 Å². The summed E-state index contributed by atoms with van der Waals surface area (Å²) in [5, 5.41) is 19.7. The van der Waals surface area contributed by atoms with Crippen molar-refractivity contribution in [2.75, 3.05) is 5.32 Å². The zero-order valence-corrected chi connectivity index (χ0v) is 15.1. The monoisotopic (exact) mass is 411 g/mol. The lowest BCUT2D eigenvalue weighted by molar-refractivity contribution is -0.137. The maximum Gasteiger partial charge on any atom is 0.325 e. The summed E-state index contributed by atoms with van der Waals surface area (Å²) in [6.45, 7) is -0.133. The van der Waals surface area contributed by atoms with Crippen molar-refractivity contribution in [2.45, 2.75) is 13.1 Å². The van der Waals surface area contributed by atoms with Crippen LogP contribution in [-0.4, -0.2) is 36.5 Å². The van der Waals surface area contributed by atoms with Gasteiger partial charge in [-0.25, -0.2) is 4.39 Å². The Kier molecular flexibility index (Phi) is 5.43. The number of hydrogen-bond donors (Lipinski definition) is 2. The van der Waals surface area contributed by atoms with E-state index >= 15 is 0 Å². The molecule has 2 N–H and O–H groups in total. The van der Waals surface area contributed by atoms with E-state index in [1.807, 2.05) is 0 Å². The Bertz CT molecular complexity index is 1020. The fourth-order valence-corrected chi connectivity index (χ4v) is 2.70. The summed E-state index contributed by atoms with van der Waals surface area (Å²) in [6, 6.07) is 4.01. The smallest absolute Gasteiger partial charge is 0.325 e. The van der Waals surface area contributed by atoms with Gasteiger partial charge in [0, 0.05) is 17.4 Å². The molecule has 8 nitrogen and oxygen atoms in total. The number of nitrogens with zero attached hydrogens (tertiary/aromatic N) is 4. The van der Waals surface area contributed by atoms with E-state index in [4.69, 9.17) is 28.3 Å². The largest absolute Gasteiger partial charge is 0.480 e. The molecule has 0 atom stereocenters. The van der Waals surface area contributed by atoms with Gasteiger partial charge in [-0.15, -0.1) is 0 Å². The van der Waals surface area contributed by atoms with Gasteiger partial charge in [-0.2, -0.15) is 10.2 Å². The van der Waals surface area contributed by atoms with Crippen LogP contribution >= 0.6 is 23.2 Å². The highest BCUT2D eigenvalue weighted by atomic mass is 35.5. The first-order valence-corrected chi connectivity index (χ1v) is 8.30. The maximum absolute atomic E-state index is 13.1. The molecule has 11 heteroatoms. The van der Waals surface area contributed by atoms with Crippen LogP contribution in [0.4, 0.5) is 10.2 Å². The molecule has 0 aliphatic carbocycles. The predicted molar refractivity (Wildman–Crippen MR) is 95.6 cm³/mol. The first-order chi connectivity index (χ1) is 12.8. The Morgan fingerprint density at radius 1 is 1.19 bits per heavy atom. The fourth-order valence-electron chi connectivity index (χ4n) is 2.27. The molecule has 0 saturated heterocycles. The first-order valence-electron chi connectivity index (χ1n) is 7.54. The molecule has 0 saturated carbocycles. The summed E-state index contributed by atoms with van der Waals surface area (Å²) < 4.78 is 15.7.